The third-order valence-electron chi connectivity index (χ3n) is 4.54. The summed E-state index contributed by atoms with van der Waals surface area (Å²) in [5.74, 6) is 0.304. The van der Waals surface area contributed by atoms with Crippen LogP contribution < -0.4 is 5.32 Å². The molecule has 3 aromatic heterocycles. The van der Waals surface area contributed by atoms with Crippen LogP contribution in [-0.2, 0) is 11.3 Å². The molecule has 0 radical (unpaired) electrons. The van der Waals surface area contributed by atoms with Gasteiger partial charge in [0, 0.05) is 41.8 Å². The molecule has 0 aliphatic carbocycles. The number of hydrogen-bond acceptors (Lipinski definition) is 6. The molecule has 8 nitrogen and oxygen atoms in total. The van der Waals surface area contributed by atoms with Crippen molar-refractivity contribution >= 4 is 23.1 Å². The first-order chi connectivity index (χ1) is 15.0. The van der Waals surface area contributed by atoms with Crippen molar-refractivity contribution in [3.63, 3.8) is 0 Å². The number of carbonyl (C=O) groups excluding carboxylic acids is 1. The highest BCUT2D eigenvalue weighted by Crippen LogP contribution is 2.33. The number of fused-ring (bicyclic) bond motifs is 1. The van der Waals surface area contributed by atoms with Crippen LogP contribution in [0.4, 0.5) is 10.7 Å². The van der Waals surface area contributed by atoms with Crippen LogP contribution in [0.1, 0.15) is 12.5 Å². The molecular formula is C23H22N6O2. The molecule has 0 aliphatic heterocycles. The molecule has 3 heterocycles. The standard InChI is InChI=1S/C23H22N6O2/c1-4-31-23(30)28-22-26-20-12-17(16-6-5-8-24-13-16)11-18(21(20)27-22)19-10-15(7-9-25-19)14-29(2)3/h5-6,8,10-13H,4,14H2,1-3H3,(H2,26,27,28,30). The number of amides is 1. The number of ether oxygens (including phenoxy) is 1. The van der Waals surface area contributed by atoms with E-state index in [1.54, 1.807) is 19.3 Å². The fraction of sp³-hybridized carbons (Fsp3) is 0.217. The number of hydrogen-bond donors (Lipinski definition) is 2. The maximum absolute atomic E-state index is 11.9. The Morgan fingerprint density at radius 3 is 2.87 bits per heavy atom. The predicted octanol–water partition coefficient (Wildman–Crippen LogP) is 3.92. The van der Waals surface area contributed by atoms with E-state index >= 15 is 0 Å². The van der Waals surface area contributed by atoms with E-state index in [1.807, 2.05) is 44.4 Å². The minimum Gasteiger partial charge on any atom is -0.450 e. The Bertz CT molecular complexity index is 1200. The van der Waals surface area contributed by atoms with Crippen LogP contribution >= 0.6 is 0 Å². The summed E-state index contributed by atoms with van der Waals surface area (Å²) in [6.45, 7) is 2.74. The van der Waals surface area contributed by atoms with Crippen molar-refractivity contribution in [1.29, 1.82) is 0 Å². The first-order valence-electron chi connectivity index (χ1n) is 9.86. The molecule has 4 rings (SSSR count). The molecule has 0 bridgehead atoms. The van der Waals surface area contributed by atoms with Crippen molar-refractivity contribution < 1.29 is 9.53 Å². The van der Waals surface area contributed by atoms with Gasteiger partial charge in [-0.05, 0) is 56.9 Å². The molecule has 2 N–H and O–H groups in total. The second kappa shape index (κ2) is 8.81. The van der Waals surface area contributed by atoms with Crippen LogP contribution in [0.2, 0.25) is 0 Å². The summed E-state index contributed by atoms with van der Waals surface area (Å²) in [5, 5.41) is 2.63. The number of carbonyl (C=O) groups is 1. The molecule has 0 aliphatic rings. The van der Waals surface area contributed by atoms with E-state index in [-0.39, 0.29) is 6.61 Å². The van der Waals surface area contributed by atoms with E-state index in [0.29, 0.717) is 18.0 Å². The van der Waals surface area contributed by atoms with Crippen molar-refractivity contribution in [2.24, 2.45) is 0 Å². The van der Waals surface area contributed by atoms with Gasteiger partial charge < -0.3 is 14.6 Å². The molecule has 1 amide bonds. The Morgan fingerprint density at radius 2 is 2.13 bits per heavy atom. The van der Waals surface area contributed by atoms with Gasteiger partial charge in [0.05, 0.1) is 23.3 Å². The fourth-order valence-corrected chi connectivity index (χ4v) is 3.29. The number of nitrogens with one attached hydrogen (secondary N) is 2. The SMILES string of the molecule is CCOC(=O)Nc1nc2c(-c3cc(CN(C)C)c#cn3)cc(-c3cccnc3)cc2[nH]1. The molecule has 0 spiro atoms. The first-order valence-corrected chi connectivity index (χ1v) is 9.86. The molecule has 0 unspecified atom stereocenters. The maximum Gasteiger partial charge on any atom is 0.413 e. The molecular weight excluding hydrogens is 392 g/mol. The van der Waals surface area contributed by atoms with Gasteiger partial charge in [-0.2, -0.15) is 4.98 Å². The highest BCUT2D eigenvalue weighted by molar-refractivity contribution is 5.97. The molecule has 0 saturated heterocycles. The van der Waals surface area contributed by atoms with E-state index in [2.05, 4.69) is 42.4 Å². The highest BCUT2D eigenvalue weighted by atomic mass is 16.5. The van der Waals surface area contributed by atoms with Gasteiger partial charge in [0.15, 0.2) is 0 Å². The molecule has 4 aromatic rings. The summed E-state index contributed by atoms with van der Waals surface area (Å²) in [6.07, 6.45) is 5.84. The monoisotopic (exact) mass is 414 g/mol. The van der Waals surface area contributed by atoms with Gasteiger partial charge in [0.1, 0.15) is 0 Å². The predicted molar refractivity (Wildman–Crippen MR) is 118 cm³/mol. The number of anilines is 1. The second-order valence-electron chi connectivity index (χ2n) is 7.23. The number of aromatic nitrogens is 4. The Morgan fingerprint density at radius 1 is 1.26 bits per heavy atom. The summed E-state index contributed by atoms with van der Waals surface area (Å²) in [4.78, 5) is 30.3. The van der Waals surface area contributed by atoms with Gasteiger partial charge in [-0.25, -0.2) is 9.78 Å². The largest absolute Gasteiger partial charge is 0.450 e. The Labute approximate surface area is 180 Å². The van der Waals surface area contributed by atoms with Gasteiger partial charge in [-0.3, -0.25) is 10.3 Å². The van der Waals surface area contributed by atoms with Crippen LogP contribution in [-0.4, -0.2) is 51.6 Å². The molecule has 0 saturated carbocycles. The van der Waals surface area contributed by atoms with Crippen molar-refractivity contribution in [1.82, 2.24) is 24.8 Å². The zero-order valence-corrected chi connectivity index (χ0v) is 17.6. The van der Waals surface area contributed by atoms with Crippen LogP contribution in [0.5, 0.6) is 0 Å². The molecule has 31 heavy (non-hydrogen) atoms. The summed E-state index contributed by atoms with van der Waals surface area (Å²) >= 11 is 0. The minimum atomic E-state index is -0.565. The number of nitrogens with zero attached hydrogens (tertiary/aromatic N) is 4. The molecule has 1 aromatic carbocycles. The highest BCUT2D eigenvalue weighted by Gasteiger charge is 2.15. The number of rotatable bonds is 6. The minimum absolute atomic E-state index is 0.275. The molecule has 156 valence electrons. The fourth-order valence-electron chi connectivity index (χ4n) is 3.29. The Balaban J connectivity index is 1.85. The van der Waals surface area contributed by atoms with Gasteiger partial charge in [-0.15, -0.1) is 0 Å². The van der Waals surface area contributed by atoms with Crippen molar-refractivity contribution in [3.8, 4) is 22.4 Å². The Kier molecular flexibility index (Phi) is 5.78. The van der Waals surface area contributed by atoms with Crippen molar-refractivity contribution in [2.75, 3.05) is 26.0 Å². The maximum atomic E-state index is 11.9. The van der Waals surface area contributed by atoms with E-state index in [4.69, 9.17) is 4.74 Å². The quantitative estimate of drug-likeness (QED) is 0.497. The smallest absolute Gasteiger partial charge is 0.413 e. The molecule has 0 atom stereocenters. The zero-order valence-electron chi connectivity index (χ0n) is 17.6. The number of H-pyrrole nitrogens is 1. The zero-order chi connectivity index (χ0) is 21.8. The van der Waals surface area contributed by atoms with Crippen molar-refractivity contribution in [3.05, 3.63) is 60.6 Å². The Hall–Kier alpha value is -3.96. The third kappa shape index (κ3) is 4.63. The lowest BCUT2D eigenvalue weighted by Crippen LogP contribution is -2.14. The van der Waals surface area contributed by atoms with Crippen molar-refractivity contribution in [2.45, 2.75) is 13.5 Å². The average molecular weight is 414 g/mol. The number of pyridine rings is 1. The lowest BCUT2D eigenvalue weighted by atomic mass is 10.0. The summed E-state index contributed by atoms with van der Waals surface area (Å²) in [6, 6.07) is 12.9. The van der Waals surface area contributed by atoms with E-state index in [1.165, 1.54) is 0 Å². The van der Waals surface area contributed by atoms with E-state index < -0.39 is 6.09 Å². The lowest BCUT2D eigenvalue weighted by Gasteiger charge is -2.09. The summed E-state index contributed by atoms with van der Waals surface area (Å²) < 4.78 is 4.96. The van der Waals surface area contributed by atoms with Crippen LogP contribution in [0.3, 0.4) is 0 Å². The lowest BCUT2D eigenvalue weighted by molar-refractivity contribution is 0.167. The first kappa shape index (κ1) is 20.3. The van der Waals surface area contributed by atoms with E-state index in [0.717, 1.165) is 33.5 Å². The van der Waals surface area contributed by atoms with Crippen LogP contribution in [0.25, 0.3) is 33.4 Å². The average Bonchev–Trinajstić information content (AvgIpc) is 3.15. The van der Waals surface area contributed by atoms with E-state index in [9.17, 15) is 4.79 Å². The number of imidazole rings is 1. The number of aromatic amines is 1. The van der Waals surface area contributed by atoms with Gasteiger partial charge in [-0.1, -0.05) is 6.07 Å². The van der Waals surface area contributed by atoms with Crippen LogP contribution in [0.15, 0.2) is 42.7 Å². The third-order valence-corrected chi connectivity index (χ3v) is 4.54. The molecule has 8 heteroatoms. The van der Waals surface area contributed by atoms with Gasteiger partial charge >= 0.3 is 6.09 Å². The number of benzene rings is 1. The van der Waals surface area contributed by atoms with Gasteiger partial charge in [0.2, 0.25) is 5.95 Å². The second-order valence-corrected chi connectivity index (χ2v) is 7.23. The summed E-state index contributed by atoms with van der Waals surface area (Å²) in [7, 11) is 3.99. The van der Waals surface area contributed by atoms with Gasteiger partial charge in [0.25, 0.3) is 0 Å². The topological polar surface area (TPSA) is 96.0 Å². The molecule has 0 fully saturated rings. The van der Waals surface area contributed by atoms with Crippen LogP contribution in [0, 0.1) is 12.3 Å². The normalized spacial score (nSPS) is 10.8. The summed E-state index contributed by atoms with van der Waals surface area (Å²) in [5.41, 5.74) is 5.85.